The molecule has 2 rings (SSSR count). The Morgan fingerprint density at radius 1 is 1.15 bits per heavy atom. The van der Waals surface area contributed by atoms with Crippen LogP contribution in [0.25, 0.3) is 0 Å². The number of methoxy groups -OCH3 is 1. The molecule has 0 aromatic carbocycles. The van der Waals surface area contributed by atoms with Crippen molar-refractivity contribution in [1.29, 1.82) is 0 Å². The summed E-state index contributed by atoms with van der Waals surface area (Å²) in [4.78, 5) is 16.6. The standard InChI is InChI=1S/C13H18N6O/c1-4-15-11-17-12(19-13(18-11)20-3)16-8-10-5-6-14-7-9(10)2/h5-7H,4,8H2,1-3H3,(H2,15,16,17,18,19). The molecule has 0 aliphatic carbocycles. The zero-order chi connectivity index (χ0) is 14.4. The van der Waals surface area contributed by atoms with E-state index in [0.717, 1.165) is 17.7 Å². The van der Waals surface area contributed by atoms with Gasteiger partial charge in [0.25, 0.3) is 0 Å². The summed E-state index contributed by atoms with van der Waals surface area (Å²) in [5.41, 5.74) is 2.26. The van der Waals surface area contributed by atoms with E-state index in [9.17, 15) is 0 Å². The number of rotatable bonds is 6. The van der Waals surface area contributed by atoms with Crippen molar-refractivity contribution in [3.63, 3.8) is 0 Å². The van der Waals surface area contributed by atoms with Crippen molar-refractivity contribution in [2.75, 3.05) is 24.3 Å². The summed E-state index contributed by atoms with van der Waals surface area (Å²) in [6.45, 7) is 5.34. The summed E-state index contributed by atoms with van der Waals surface area (Å²) in [6.07, 6.45) is 3.59. The van der Waals surface area contributed by atoms with E-state index in [4.69, 9.17) is 4.74 Å². The first kappa shape index (κ1) is 14.0. The molecular weight excluding hydrogens is 256 g/mol. The van der Waals surface area contributed by atoms with Gasteiger partial charge in [-0.15, -0.1) is 0 Å². The van der Waals surface area contributed by atoms with Crippen molar-refractivity contribution >= 4 is 11.9 Å². The van der Waals surface area contributed by atoms with Crippen LogP contribution in [0.5, 0.6) is 6.01 Å². The highest BCUT2D eigenvalue weighted by atomic mass is 16.5. The van der Waals surface area contributed by atoms with E-state index in [0.29, 0.717) is 18.4 Å². The molecule has 7 heteroatoms. The van der Waals surface area contributed by atoms with Crippen LogP contribution in [-0.4, -0.2) is 33.6 Å². The maximum absolute atomic E-state index is 5.07. The molecule has 0 spiro atoms. The number of aryl methyl sites for hydroxylation is 1. The van der Waals surface area contributed by atoms with Crippen LogP contribution in [0, 0.1) is 6.92 Å². The molecule has 0 aliphatic heterocycles. The minimum Gasteiger partial charge on any atom is -0.467 e. The molecule has 2 aromatic heterocycles. The molecule has 2 N–H and O–H groups in total. The molecule has 0 radical (unpaired) electrons. The molecule has 2 aromatic rings. The van der Waals surface area contributed by atoms with Gasteiger partial charge in [0, 0.05) is 25.5 Å². The second kappa shape index (κ2) is 6.65. The van der Waals surface area contributed by atoms with Crippen LogP contribution in [0.2, 0.25) is 0 Å². The zero-order valence-electron chi connectivity index (χ0n) is 11.8. The van der Waals surface area contributed by atoms with Gasteiger partial charge < -0.3 is 15.4 Å². The molecule has 106 valence electrons. The minimum absolute atomic E-state index is 0.282. The molecule has 0 amide bonds. The van der Waals surface area contributed by atoms with E-state index in [-0.39, 0.29) is 6.01 Å². The highest BCUT2D eigenvalue weighted by molar-refractivity contribution is 5.37. The van der Waals surface area contributed by atoms with Crippen LogP contribution in [0.1, 0.15) is 18.1 Å². The molecule has 0 saturated heterocycles. The van der Waals surface area contributed by atoms with Gasteiger partial charge in [-0.25, -0.2) is 0 Å². The first-order valence-corrected chi connectivity index (χ1v) is 6.40. The summed E-state index contributed by atoms with van der Waals surface area (Å²) in [5, 5.41) is 6.21. The Morgan fingerprint density at radius 3 is 2.55 bits per heavy atom. The number of ether oxygens (including phenoxy) is 1. The third-order valence-electron chi connectivity index (χ3n) is 2.71. The van der Waals surface area contributed by atoms with E-state index in [1.54, 1.807) is 6.20 Å². The topological polar surface area (TPSA) is 84.9 Å². The Kier molecular flexibility index (Phi) is 4.65. The number of aromatic nitrogens is 4. The molecule has 0 bridgehead atoms. The van der Waals surface area contributed by atoms with Gasteiger partial charge in [0.15, 0.2) is 0 Å². The van der Waals surface area contributed by atoms with Crippen molar-refractivity contribution in [1.82, 2.24) is 19.9 Å². The third-order valence-corrected chi connectivity index (χ3v) is 2.71. The molecule has 0 unspecified atom stereocenters. The molecule has 2 heterocycles. The van der Waals surface area contributed by atoms with Crippen LogP contribution in [0.15, 0.2) is 18.5 Å². The van der Waals surface area contributed by atoms with E-state index in [1.165, 1.54) is 7.11 Å². The van der Waals surface area contributed by atoms with Crippen LogP contribution >= 0.6 is 0 Å². The molecule has 20 heavy (non-hydrogen) atoms. The Hall–Kier alpha value is -2.44. The van der Waals surface area contributed by atoms with Crippen molar-refractivity contribution in [2.24, 2.45) is 0 Å². The van der Waals surface area contributed by atoms with Gasteiger partial charge in [-0.3, -0.25) is 4.98 Å². The second-order valence-corrected chi connectivity index (χ2v) is 4.16. The van der Waals surface area contributed by atoms with Gasteiger partial charge in [0.2, 0.25) is 11.9 Å². The minimum atomic E-state index is 0.282. The average molecular weight is 274 g/mol. The number of anilines is 2. The van der Waals surface area contributed by atoms with E-state index >= 15 is 0 Å². The van der Waals surface area contributed by atoms with Crippen molar-refractivity contribution in [3.05, 3.63) is 29.6 Å². The fraction of sp³-hybridized carbons (Fsp3) is 0.385. The number of nitrogens with one attached hydrogen (secondary N) is 2. The van der Waals surface area contributed by atoms with Gasteiger partial charge in [-0.1, -0.05) is 0 Å². The summed E-state index contributed by atoms with van der Waals surface area (Å²) in [5.74, 6) is 0.970. The molecular formula is C13H18N6O. The predicted octanol–water partition coefficient (Wildman–Crippen LogP) is 1.63. The SMILES string of the molecule is CCNc1nc(NCc2ccncc2C)nc(OC)n1. The number of pyridine rings is 1. The maximum Gasteiger partial charge on any atom is 0.322 e. The fourth-order valence-corrected chi connectivity index (χ4v) is 1.64. The fourth-order valence-electron chi connectivity index (χ4n) is 1.64. The lowest BCUT2D eigenvalue weighted by Gasteiger charge is -2.09. The highest BCUT2D eigenvalue weighted by Crippen LogP contribution is 2.12. The number of hydrogen-bond donors (Lipinski definition) is 2. The van der Waals surface area contributed by atoms with Crippen molar-refractivity contribution in [2.45, 2.75) is 20.4 Å². The largest absolute Gasteiger partial charge is 0.467 e. The van der Waals surface area contributed by atoms with Gasteiger partial charge in [0.05, 0.1) is 7.11 Å². The lowest BCUT2D eigenvalue weighted by Crippen LogP contribution is -2.10. The molecule has 0 fully saturated rings. The van der Waals surface area contributed by atoms with E-state index in [1.807, 2.05) is 26.1 Å². The monoisotopic (exact) mass is 274 g/mol. The Labute approximate surface area is 117 Å². The lowest BCUT2D eigenvalue weighted by atomic mass is 10.1. The van der Waals surface area contributed by atoms with Gasteiger partial charge in [0.1, 0.15) is 0 Å². The van der Waals surface area contributed by atoms with Gasteiger partial charge >= 0.3 is 6.01 Å². The highest BCUT2D eigenvalue weighted by Gasteiger charge is 2.06. The molecule has 0 atom stereocenters. The molecule has 0 saturated carbocycles. The van der Waals surface area contributed by atoms with Gasteiger partial charge in [-0.2, -0.15) is 15.0 Å². The normalized spacial score (nSPS) is 10.2. The van der Waals surface area contributed by atoms with Crippen molar-refractivity contribution < 1.29 is 4.74 Å². The average Bonchev–Trinajstić information content (AvgIpc) is 2.46. The summed E-state index contributed by atoms with van der Waals surface area (Å²) in [7, 11) is 1.53. The maximum atomic E-state index is 5.07. The third kappa shape index (κ3) is 3.53. The first-order valence-electron chi connectivity index (χ1n) is 6.40. The Bertz CT molecular complexity index is 575. The van der Waals surface area contributed by atoms with Crippen LogP contribution in [0.3, 0.4) is 0 Å². The van der Waals surface area contributed by atoms with Crippen LogP contribution in [0.4, 0.5) is 11.9 Å². The van der Waals surface area contributed by atoms with Gasteiger partial charge in [-0.05, 0) is 31.0 Å². The number of nitrogens with zero attached hydrogens (tertiary/aromatic N) is 4. The number of hydrogen-bond acceptors (Lipinski definition) is 7. The van der Waals surface area contributed by atoms with E-state index < -0.39 is 0 Å². The van der Waals surface area contributed by atoms with E-state index in [2.05, 4.69) is 30.6 Å². The summed E-state index contributed by atoms with van der Waals surface area (Å²) in [6, 6.07) is 2.25. The van der Waals surface area contributed by atoms with Crippen molar-refractivity contribution in [3.8, 4) is 6.01 Å². The quantitative estimate of drug-likeness (QED) is 0.828. The summed E-state index contributed by atoms with van der Waals surface area (Å²) >= 11 is 0. The Balaban J connectivity index is 2.12. The van der Waals surface area contributed by atoms with Crippen LogP contribution < -0.4 is 15.4 Å². The zero-order valence-corrected chi connectivity index (χ0v) is 11.8. The van der Waals surface area contributed by atoms with Crippen LogP contribution in [-0.2, 0) is 6.54 Å². The molecule has 7 nitrogen and oxygen atoms in total. The predicted molar refractivity (Wildman–Crippen MR) is 76.8 cm³/mol. The summed E-state index contributed by atoms with van der Waals surface area (Å²) < 4.78 is 5.07. The second-order valence-electron chi connectivity index (χ2n) is 4.16. The smallest absolute Gasteiger partial charge is 0.322 e. The molecule has 0 aliphatic rings. The Morgan fingerprint density at radius 2 is 1.90 bits per heavy atom. The first-order chi connectivity index (χ1) is 9.72. The lowest BCUT2D eigenvalue weighted by molar-refractivity contribution is 0.379.